The van der Waals surface area contributed by atoms with Crippen LogP contribution in [0.15, 0.2) is 0 Å². The van der Waals surface area contributed by atoms with Crippen LogP contribution in [0.4, 0.5) is 0 Å². The third-order valence-corrected chi connectivity index (χ3v) is 3.46. The average Bonchev–Trinajstić information content (AvgIpc) is 2.41. The van der Waals surface area contributed by atoms with Gasteiger partial charge in [-0.15, -0.1) is 0 Å². The van der Waals surface area contributed by atoms with Gasteiger partial charge in [0.15, 0.2) is 0 Å². The van der Waals surface area contributed by atoms with Crippen molar-refractivity contribution in [1.82, 2.24) is 0 Å². The van der Waals surface area contributed by atoms with E-state index in [1.807, 2.05) is 0 Å². The van der Waals surface area contributed by atoms with Crippen LogP contribution in [0, 0.1) is 0 Å². The maximum absolute atomic E-state index is 11.5. The highest BCUT2D eigenvalue weighted by Gasteiger charge is 2.09. The highest BCUT2D eigenvalue weighted by molar-refractivity contribution is 5.95. The van der Waals surface area contributed by atoms with Gasteiger partial charge in [0.1, 0.15) is 12.2 Å². The van der Waals surface area contributed by atoms with Gasteiger partial charge in [-0.2, -0.15) is 0 Å². The van der Waals surface area contributed by atoms with Crippen molar-refractivity contribution in [3.05, 3.63) is 0 Å². The lowest BCUT2D eigenvalue weighted by molar-refractivity contribution is -0.145. The van der Waals surface area contributed by atoms with E-state index in [1.165, 1.54) is 51.4 Å². The number of hydrogen-bond acceptors (Lipinski definition) is 3. The molecule has 0 heterocycles. The van der Waals surface area contributed by atoms with Gasteiger partial charge in [-0.1, -0.05) is 64.7 Å². The molecule has 0 aromatic heterocycles. The molecule has 118 valence electrons. The summed E-state index contributed by atoms with van der Waals surface area (Å²) in [5.74, 6) is -0.368. The summed E-state index contributed by atoms with van der Waals surface area (Å²) in [5.41, 5.74) is 0. The first-order valence-corrected chi connectivity index (χ1v) is 8.38. The zero-order valence-corrected chi connectivity index (χ0v) is 13.4. The molecular formula is C17H32O3. The first-order chi connectivity index (χ1) is 9.70. The van der Waals surface area contributed by atoms with E-state index in [0.717, 1.165) is 12.8 Å². The fourth-order valence-electron chi connectivity index (χ4n) is 2.27. The lowest BCUT2D eigenvalue weighted by Crippen LogP contribution is -2.10. The van der Waals surface area contributed by atoms with Crippen LogP contribution in [-0.4, -0.2) is 18.4 Å². The minimum atomic E-state index is -0.385. The molecule has 0 amide bonds. The van der Waals surface area contributed by atoms with Gasteiger partial charge in [0.05, 0.1) is 6.61 Å². The topological polar surface area (TPSA) is 43.4 Å². The number of unbranched alkanes of at least 4 members (excludes halogenated alkanes) is 9. The Kier molecular flexibility index (Phi) is 13.9. The standard InChI is InChI=1S/C17H32O3/c1-3-5-6-7-8-9-10-11-12-13-14-16(18)15-17(19)20-4-2/h3-15H2,1-2H3. The summed E-state index contributed by atoms with van der Waals surface area (Å²) in [6.07, 6.45) is 13.0. The van der Waals surface area contributed by atoms with Crippen molar-refractivity contribution in [3.63, 3.8) is 0 Å². The number of hydrogen-bond donors (Lipinski definition) is 0. The summed E-state index contributed by atoms with van der Waals surface area (Å²) < 4.78 is 4.75. The van der Waals surface area contributed by atoms with Crippen LogP contribution >= 0.6 is 0 Å². The molecule has 0 aliphatic carbocycles. The van der Waals surface area contributed by atoms with Crippen molar-refractivity contribution in [2.24, 2.45) is 0 Å². The zero-order valence-electron chi connectivity index (χ0n) is 13.4. The van der Waals surface area contributed by atoms with E-state index in [1.54, 1.807) is 6.92 Å². The minimum Gasteiger partial charge on any atom is -0.466 e. The van der Waals surface area contributed by atoms with Crippen molar-refractivity contribution in [1.29, 1.82) is 0 Å². The number of carbonyl (C=O) groups excluding carboxylic acids is 2. The fourth-order valence-corrected chi connectivity index (χ4v) is 2.27. The molecule has 0 saturated carbocycles. The van der Waals surface area contributed by atoms with E-state index in [-0.39, 0.29) is 18.2 Å². The van der Waals surface area contributed by atoms with Crippen molar-refractivity contribution >= 4 is 11.8 Å². The molecule has 0 aromatic carbocycles. The molecule has 0 bridgehead atoms. The Morgan fingerprint density at radius 2 is 1.25 bits per heavy atom. The molecule has 20 heavy (non-hydrogen) atoms. The molecule has 0 aliphatic heterocycles. The molecule has 0 N–H and O–H groups in total. The lowest BCUT2D eigenvalue weighted by Gasteiger charge is -2.03. The van der Waals surface area contributed by atoms with E-state index in [4.69, 9.17) is 4.74 Å². The fraction of sp³-hybridized carbons (Fsp3) is 0.882. The van der Waals surface area contributed by atoms with E-state index in [2.05, 4.69) is 6.92 Å². The molecule has 3 heteroatoms. The molecule has 3 nitrogen and oxygen atoms in total. The Morgan fingerprint density at radius 3 is 1.75 bits per heavy atom. The van der Waals surface area contributed by atoms with Gasteiger partial charge in [-0.3, -0.25) is 9.59 Å². The van der Waals surface area contributed by atoms with Gasteiger partial charge in [0, 0.05) is 6.42 Å². The van der Waals surface area contributed by atoms with E-state index in [9.17, 15) is 9.59 Å². The maximum Gasteiger partial charge on any atom is 0.313 e. The number of rotatable bonds is 14. The van der Waals surface area contributed by atoms with Gasteiger partial charge in [0.2, 0.25) is 0 Å². The summed E-state index contributed by atoms with van der Waals surface area (Å²) >= 11 is 0. The molecule has 0 rings (SSSR count). The molecule has 0 aliphatic rings. The van der Waals surface area contributed by atoms with Crippen LogP contribution in [0.5, 0.6) is 0 Å². The SMILES string of the molecule is CCCCCCCCCCCCC(=O)CC(=O)OCC. The molecule has 0 unspecified atom stereocenters. The minimum absolute atomic E-state index is 0.0167. The third-order valence-electron chi connectivity index (χ3n) is 3.46. The summed E-state index contributed by atoms with van der Waals surface area (Å²) in [6, 6.07) is 0. The van der Waals surface area contributed by atoms with Crippen LogP contribution in [-0.2, 0) is 14.3 Å². The average molecular weight is 284 g/mol. The summed E-state index contributed by atoms with van der Waals surface area (Å²) in [4.78, 5) is 22.6. The molecule has 0 aromatic rings. The highest BCUT2D eigenvalue weighted by atomic mass is 16.5. The number of ether oxygens (including phenoxy) is 1. The summed E-state index contributed by atoms with van der Waals surface area (Å²) in [7, 11) is 0. The quantitative estimate of drug-likeness (QED) is 0.261. The highest BCUT2D eigenvalue weighted by Crippen LogP contribution is 2.11. The lowest BCUT2D eigenvalue weighted by atomic mass is 10.0. The second-order valence-electron chi connectivity index (χ2n) is 5.45. The number of carbonyl (C=O) groups is 2. The van der Waals surface area contributed by atoms with Crippen LogP contribution in [0.1, 0.15) is 90.9 Å². The normalized spacial score (nSPS) is 10.5. The summed E-state index contributed by atoms with van der Waals surface area (Å²) in [5, 5.41) is 0. The van der Waals surface area contributed by atoms with Crippen molar-refractivity contribution in [2.45, 2.75) is 90.9 Å². The Bertz CT molecular complexity index is 249. The second-order valence-corrected chi connectivity index (χ2v) is 5.45. The van der Waals surface area contributed by atoms with Crippen molar-refractivity contribution in [3.8, 4) is 0 Å². The Hall–Kier alpha value is -0.860. The molecule has 0 saturated heterocycles. The second kappa shape index (κ2) is 14.5. The monoisotopic (exact) mass is 284 g/mol. The first kappa shape index (κ1) is 19.1. The molecule has 0 spiro atoms. The van der Waals surface area contributed by atoms with Gasteiger partial charge >= 0.3 is 5.97 Å². The van der Waals surface area contributed by atoms with Crippen LogP contribution < -0.4 is 0 Å². The van der Waals surface area contributed by atoms with E-state index < -0.39 is 0 Å². The molecule has 0 fully saturated rings. The van der Waals surface area contributed by atoms with Gasteiger partial charge < -0.3 is 4.74 Å². The Labute approximate surface area is 124 Å². The maximum atomic E-state index is 11.5. The molecular weight excluding hydrogens is 252 g/mol. The predicted molar refractivity (Wildman–Crippen MR) is 82.7 cm³/mol. The first-order valence-electron chi connectivity index (χ1n) is 8.38. The third kappa shape index (κ3) is 13.6. The van der Waals surface area contributed by atoms with Crippen LogP contribution in [0.2, 0.25) is 0 Å². The van der Waals surface area contributed by atoms with Crippen molar-refractivity contribution < 1.29 is 14.3 Å². The number of Topliss-reactive ketones (excluding diaryl/α,β-unsaturated/α-hetero) is 1. The van der Waals surface area contributed by atoms with Gasteiger partial charge in [-0.25, -0.2) is 0 Å². The van der Waals surface area contributed by atoms with E-state index >= 15 is 0 Å². The Balaban J connectivity index is 3.23. The van der Waals surface area contributed by atoms with E-state index in [0.29, 0.717) is 13.0 Å². The number of ketones is 1. The molecule has 0 radical (unpaired) electrons. The van der Waals surface area contributed by atoms with Crippen molar-refractivity contribution in [2.75, 3.05) is 6.61 Å². The smallest absolute Gasteiger partial charge is 0.313 e. The largest absolute Gasteiger partial charge is 0.466 e. The molecule has 0 atom stereocenters. The number of esters is 1. The summed E-state index contributed by atoms with van der Waals surface area (Å²) in [6.45, 7) is 4.35. The Morgan fingerprint density at radius 1 is 0.750 bits per heavy atom. The van der Waals surface area contributed by atoms with Gasteiger partial charge in [0.25, 0.3) is 0 Å². The van der Waals surface area contributed by atoms with Gasteiger partial charge in [-0.05, 0) is 13.3 Å². The zero-order chi connectivity index (χ0) is 15.1. The van der Waals surface area contributed by atoms with Crippen LogP contribution in [0.3, 0.4) is 0 Å². The van der Waals surface area contributed by atoms with Crippen LogP contribution in [0.25, 0.3) is 0 Å². The predicted octanol–water partition coefficient (Wildman–Crippen LogP) is 4.82.